The summed E-state index contributed by atoms with van der Waals surface area (Å²) in [4.78, 5) is 15.2. The number of rotatable bonds is 0. The fourth-order valence-electron chi connectivity index (χ4n) is 1.85. The molecule has 1 aromatic heterocycles. The topological polar surface area (TPSA) is 59.4 Å². The first kappa shape index (κ1) is 10.4. The van der Waals surface area contributed by atoms with Crippen molar-refractivity contribution in [3.05, 3.63) is 28.5 Å². The van der Waals surface area contributed by atoms with Crippen LogP contribution in [0.25, 0.3) is 21.2 Å². The van der Waals surface area contributed by atoms with Gasteiger partial charge in [0, 0.05) is 19.4 Å². The number of fused-ring (bicyclic) bond motifs is 2. The number of aromatic nitrogens is 5. The molecule has 0 saturated heterocycles. The second kappa shape index (κ2) is 3.74. The van der Waals surface area contributed by atoms with E-state index in [-0.39, 0.29) is 0 Å². The number of aromatic amines is 1. The Morgan fingerprint density at radius 2 is 2.17 bits per heavy atom. The Labute approximate surface area is 113 Å². The van der Waals surface area contributed by atoms with Gasteiger partial charge in [-0.05, 0) is 16.6 Å². The van der Waals surface area contributed by atoms with Crippen LogP contribution in [0.15, 0.2) is 18.5 Å². The molecule has 0 saturated carbocycles. The highest BCUT2D eigenvalue weighted by Crippen LogP contribution is 2.29. The first-order valence-electron chi connectivity index (χ1n) is 5.20. The Bertz CT molecular complexity index is 905. The molecule has 1 N–H and O–H groups in total. The fraction of sp³-hybridized carbons (Fsp3) is 0.100. The van der Waals surface area contributed by atoms with Crippen molar-refractivity contribution in [1.29, 1.82) is 0 Å². The van der Waals surface area contributed by atoms with Crippen molar-refractivity contribution in [2.75, 3.05) is 0 Å². The van der Waals surface area contributed by atoms with E-state index in [0.717, 1.165) is 21.0 Å². The summed E-state index contributed by atoms with van der Waals surface area (Å²) in [5.74, 6) is 0.933. The maximum Gasteiger partial charge on any atom is 0.190 e. The summed E-state index contributed by atoms with van der Waals surface area (Å²) < 4.78 is 6.58. The maximum atomic E-state index is 4.60. The first-order chi connectivity index (χ1) is 8.83. The molecular weight excluding hydrogens is 286 g/mol. The minimum Gasteiger partial charge on any atom is -0.313 e. The van der Waals surface area contributed by atoms with Gasteiger partial charge in [-0.15, -0.1) is 11.3 Å². The van der Waals surface area contributed by atoms with E-state index >= 15 is 0 Å². The standard InChI is InChI=1S/C10H7N5S3/c1-15-8-5(4-6-9(15)14-18-17-6)16-10-7(13-8)11-2-3-12-10/h2-4,14H,1H3. The molecule has 5 nitrogen and oxygen atoms in total. The molecule has 0 unspecified atom stereocenters. The second-order valence-corrected chi connectivity index (χ2v) is 6.78. The summed E-state index contributed by atoms with van der Waals surface area (Å²) in [5.41, 5.74) is 1.80. The zero-order valence-electron chi connectivity index (χ0n) is 9.25. The van der Waals surface area contributed by atoms with Crippen molar-refractivity contribution >= 4 is 42.7 Å². The van der Waals surface area contributed by atoms with Gasteiger partial charge in [-0.3, -0.25) is 4.37 Å². The summed E-state index contributed by atoms with van der Waals surface area (Å²) in [7, 11) is 5.37. The highest BCUT2D eigenvalue weighted by Gasteiger charge is 2.12. The third-order valence-corrected chi connectivity index (χ3v) is 5.59. The van der Waals surface area contributed by atoms with Crippen LogP contribution in [0.4, 0.5) is 0 Å². The molecule has 8 heteroatoms. The van der Waals surface area contributed by atoms with Gasteiger partial charge in [-0.2, -0.15) is 0 Å². The molecule has 4 rings (SSSR count). The Balaban J connectivity index is 2.28. The Hall–Kier alpha value is -1.51. The number of H-pyrrole nitrogens is 1. The van der Waals surface area contributed by atoms with Crippen molar-refractivity contribution < 1.29 is 0 Å². The minimum atomic E-state index is 0.698. The number of hydrogen-bond acceptors (Lipinski definition) is 6. The molecule has 0 radical (unpaired) electrons. The lowest BCUT2D eigenvalue weighted by molar-refractivity contribution is 0.832. The van der Waals surface area contributed by atoms with Crippen LogP contribution in [-0.2, 0) is 7.05 Å². The van der Waals surface area contributed by atoms with Crippen LogP contribution in [-0.4, -0.2) is 23.9 Å². The minimum absolute atomic E-state index is 0.698. The van der Waals surface area contributed by atoms with Crippen molar-refractivity contribution in [2.24, 2.45) is 7.05 Å². The summed E-state index contributed by atoms with van der Waals surface area (Å²) in [6.07, 6.45) is 3.37. The van der Waals surface area contributed by atoms with Gasteiger partial charge in [-0.25, -0.2) is 15.0 Å². The molecule has 90 valence electrons. The SMILES string of the molecule is Cn1c2nc3nccnc3sc-2cc2ss[nH]c1=2. The molecule has 0 spiro atoms. The van der Waals surface area contributed by atoms with Crippen LogP contribution in [0.5, 0.6) is 0 Å². The predicted molar refractivity (Wildman–Crippen MR) is 73.8 cm³/mol. The lowest BCUT2D eigenvalue weighted by atomic mass is 10.4. The smallest absolute Gasteiger partial charge is 0.190 e. The quantitative estimate of drug-likeness (QED) is 0.507. The highest BCUT2D eigenvalue weighted by molar-refractivity contribution is 7.66. The van der Waals surface area contributed by atoms with Crippen molar-refractivity contribution in [1.82, 2.24) is 23.9 Å². The van der Waals surface area contributed by atoms with E-state index in [1.165, 1.54) is 4.53 Å². The van der Waals surface area contributed by atoms with E-state index in [9.17, 15) is 0 Å². The molecule has 0 amide bonds. The summed E-state index contributed by atoms with van der Waals surface area (Å²) in [5, 5.41) is 0. The normalized spacial score (nSPS) is 11.6. The fourth-order valence-corrected chi connectivity index (χ4v) is 4.86. The average molecular weight is 293 g/mol. The third-order valence-electron chi connectivity index (χ3n) is 2.70. The van der Waals surface area contributed by atoms with E-state index in [1.807, 2.05) is 7.05 Å². The molecule has 0 aliphatic carbocycles. The highest BCUT2D eigenvalue weighted by atomic mass is 32.9. The zero-order valence-corrected chi connectivity index (χ0v) is 11.7. The average Bonchev–Trinajstić information content (AvgIpc) is 2.86. The molecule has 4 heterocycles. The van der Waals surface area contributed by atoms with Gasteiger partial charge in [0.1, 0.15) is 5.48 Å². The van der Waals surface area contributed by atoms with E-state index < -0.39 is 0 Å². The van der Waals surface area contributed by atoms with Gasteiger partial charge in [0.2, 0.25) is 0 Å². The van der Waals surface area contributed by atoms with Gasteiger partial charge in [0.25, 0.3) is 0 Å². The first-order valence-corrected chi connectivity index (χ1v) is 8.17. The predicted octanol–water partition coefficient (Wildman–Crippen LogP) is 2.83. The molecule has 1 aromatic rings. The third kappa shape index (κ3) is 1.39. The van der Waals surface area contributed by atoms with Crippen LogP contribution in [0.1, 0.15) is 0 Å². The van der Waals surface area contributed by atoms with Crippen LogP contribution < -0.4 is 0 Å². The van der Waals surface area contributed by atoms with E-state index in [2.05, 4.69) is 30.0 Å². The molecular formula is C10H7N5S3. The number of nitrogens with zero attached hydrogens (tertiary/aromatic N) is 4. The van der Waals surface area contributed by atoms with Crippen molar-refractivity contribution in [2.45, 2.75) is 0 Å². The zero-order chi connectivity index (χ0) is 12.1. The van der Waals surface area contributed by atoms with E-state index in [1.54, 1.807) is 44.6 Å². The lowest BCUT2D eigenvalue weighted by Crippen LogP contribution is -2.04. The molecule has 0 bridgehead atoms. The lowest BCUT2D eigenvalue weighted by Gasteiger charge is -2.09. The Morgan fingerprint density at radius 3 is 3.11 bits per heavy atom. The van der Waals surface area contributed by atoms with Gasteiger partial charge < -0.3 is 4.57 Å². The molecule has 18 heavy (non-hydrogen) atoms. The van der Waals surface area contributed by atoms with Gasteiger partial charge in [0.15, 0.2) is 16.3 Å². The second-order valence-electron chi connectivity index (χ2n) is 3.77. The summed E-state index contributed by atoms with van der Waals surface area (Å²) in [6.45, 7) is 0. The number of hydrogen-bond donors (Lipinski definition) is 1. The summed E-state index contributed by atoms with van der Waals surface area (Å²) in [6, 6.07) is 2.16. The monoisotopic (exact) mass is 293 g/mol. The Morgan fingerprint density at radius 1 is 1.28 bits per heavy atom. The molecule has 0 atom stereocenters. The molecule has 3 aliphatic heterocycles. The van der Waals surface area contributed by atoms with Crippen LogP contribution in [0.2, 0.25) is 0 Å². The summed E-state index contributed by atoms with van der Waals surface area (Å²) >= 11 is 1.62. The van der Waals surface area contributed by atoms with Crippen LogP contribution in [0, 0.1) is 10.0 Å². The Kier molecular flexibility index (Phi) is 2.16. The van der Waals surface area contributed by atoms with E-state index in [0.29, 0.717) is 5.65 Å². The van der Waals surface area contributed by atoms with Gasteiger partial charge >= 0.3 is 0 Å². The molecule has 3 aliphatic rings. The molecule has 0 fully saturated rings. The van der Waals surface area contributed by atoms with Crippen molar-refractivity contribution in [3.63, 3.8) is 0 Å². The van der Waals surface area contributed by atoms with E-state index in [4.69, 9.17) is 0 Å². The molecule has 0 aromatic carbocycles. The van der Waals surface area contributed by atoms with Gasteiger partial charge in [-0.1, -0.05) is 10.3 Å². The largest absolute Gasteiger partial charge is 0.313 e. The number of nitrogens with one attached hydrogen (secondary N) is 1. The maximum absolute atomic E-state index is 4.60. The van der Waals surface area contributed by atoms with Crippen molar-refractivity contribution in [3.8, 4) is 10.7 Å². The van der Waals surface area contributed by atoms with Gasteiger partial charge in [0.05, 0.1) is 9.41 Å². The van der Waals surface area contributed by atoms with Crippen LogP contribution in [0.3, 0.4) is 0 Å². The van der Waals surface area contributed by atoms with Crippen LogP contribution >= 0.6 is 32.2 Å².